The van der Waals surface area contributed by atoms with Gasteiger partial charge in [-0.3, -0.25) is 0 Å². The highest BCUT2D eigenvalue weighted by atomic mass is 32.2. The molecule has 0 radical (unpaired) electrons. The zero-order valence-corrected chi connectivity index (χ0v) is 15.8. The van der Waals surface area contributed by atoms with E-state index in [9.17, 15) is 8.42 Å². The number of sulfonamides is 1. The van der Waals surface area contributed by atoms with Crippen LogP contribution in [0.5, 0.6) is 0 Å². The average molecular weight is 353 g/mol. The van der Waals surface area contributed by atoms with Crippen LogP contribution in [0.25, 0.3) is 0 Å². The normalized spacial score (nSPS) is 21.5. The first-order valence-corrected chi connectivity index (χ1v) is 10.1. The summed E-state index contributed by atoms with van der Waals surface area (Å²) in [5, 5.41) is 0. The molecule has 0 N–H and O–H groups in total. The number of benzene rings is 1. The number of hydrogen-bond acceptors (Lipinski definition) is 4. The van der Waals surface area contributed by atoms with Crippen molar-refractivity contribution in [2.45, 2.75) is 51.7 Å². The molecular weight excluding hydrogens is 326 g/mol. The van der Waals surface area contributed by atoms with Gasteiger partial charge in [0, 0.05) is 19.0 Å². The van der Waals surface area contributed by atoms with Crippen molar-refractivity contribution in [1.82, 2.24) is 4.31 Å². The number of ether oxygens (including phenoxy) is 2. The van der Waals surface area contributed by atoms with Crippen LogP contribution >= 0.6 is 0 Å². The molecule has 134 valence electrons. The molecular formula is C18H27NO4S. The van der Waals surface area contributed by atoms with Crippen LogP contribution in [0.1, 0.15) is 35.1 Å². The van der Waals surface area contributed by atoms with Gasteiger partial charge in [-0.2, -0.15) is 4.31 Å². The second kappa shape index (κ2) is 6.75. The van der Waals surface area contributed by atoms with E-state index in [1.165, 1.54) is 0 Å². The van der Waals surface area contributed by atoms with Crippen molar-refractivity contribution in [2.75, 3.05) is 26.3 Å². The molecule has 2 aliphatic heterocycles. The fourth-order valence-corrected chi connectivity index (χ4v) is 5.78. The highest BCUT2D eigenvalue weighted by Gasteiger charge is 2.36. The molecule has 24 heavy (non-hydrogen) atoms. The third kappa shape index (κ3) is 3.12. The van der Waals surface area contributed by atoms with E-state index in [0.717, 1.165) is 35.1 Å². The lowest BCUT2D eigenvalue weighted by atomic mass is 9.98. The fraction of sp³-hybridized carbons (Fsp3) is 0.667. The summed E-state index contributed by atoms with van der Waals surface area (Å²) >= 11 is 0. The molecule has 1 aromatic carbocycles. The molecule has 2 aliphatic rings. The Morgan fingerprint density at radius 1 is 0.958 bits per heavy atom. The van der Waals surface area contributed by atoms with Gasteiger partial charge in [0.2, 0.25) is 10.0 Å². The maximum Gasteiger partial charge on any atom is 0.243 e. The third-order valence-corrected chi connectivity index (χ3v) is 7.60. The van der Waals surface area contributed by atoms with Gasteiger partial charge in [0.05, 0.1) is 18.1 Å². The fourth-order valence-electron chi connectivity index (χ4n) is 3.73. The van der Waals surface area contributed by atoms with E-state index >= 15 is 0 Å². The van der Waals surface area contributed by atoms with Crippen LogP contribution in [-0.4, -0.2) is 45.3 Å². The van der Waals surface area contributed by atoms with Crippen molar-refractivity contribution < 1.29 is 17.9 Å². The Hall–Kier alpha value is -0.950. The van der Waals surface area contributed by atoms with Crippen molar-refractivity contribution in [1.29, 1.82) is 0 Å². The van der Waals surface area contributed by atoms with Gasteiger partial charge >= 0.3 is 0 Å². The summed E-state index contributed by atoms with van der Waals surface area (Å²) in [5.41, 5.74) is 3.78. The molecule has 0 atom stereocenters. The summed E-state index contributed by atoms with van der Waals surface area (Å²) in [5.74, 6) is 0.292. The summed E-state index contributed by atoms with van der Waals surface area (Å²) in [6, 6.07) is 2.06. The van der Waals surface area contributed by atoms with Gasteiger partial charge in [-0.25, -0.2) is 8.42 Å². The minimum absolute atomic E-state index is 0.153. The van der Waals surface area contributed by atoms with Crippen LogP contribution in [0.15, 0.2) is 11.0 Å². The molecule has 0 aliphatic carbocycles. The van der Waals surface area contributed by atoms with E-state index in [2.05, 4.69) is 6.07 Å². The number of aryl methyl sites for hydroxylation is 2. The predicted octanol–water partition coefficient (Wildman–Crippen LogP) is 2.69. The van der Waals surface area contributed by atoms with E-state index in [0.29, 0.717) is 37.1 Å². The Morgan fingerprint density at radius 2 is 1.46 bits per heavy atom. The third-order valence-electron chi connectivity index (χ3n) is 5.43. The maximum atomic E-state index is 13.2. The van der Waals surface area contributed by atoms with Crippen molar-refractivity contribution in [3.05, 3.63) is 28.3 Å². The van der Waals surface area contributed by atoms with Crippen LogP contribution < -0.4 is 0 Å². The molecule has 0 unspecified atom stereocenters. The van der Waals surface area contributed by atoms with Crippen LogP contribution in [0.3, 0.4) is 0 Å². The highest BCUT2D eigenvalue weighted by Crippen LogP contribution is 2.32. The quantitative estimate of drug-likeness (QED) is 0.838. The maximum absolute atomic E-state index is 13.2. The predicted molar refractivity (Wildman–Crippen MR) is 92.6 cm³/mol. The molecule has 2 saturated heterocycles. The molecule has 1 aromatic rings. The molecule has 0 spiro atoms. The lowest BCUT2D eigenvalue weighted by Crippen LogP contribution is -2.41. The second-order valence-corrected chi connectivity index (χ2v) is 8.82. The molecule has 2 fully saturated rings. The minimum atomic E-state index is -3.46. The highest BCUT2D eigenvalue weighted by molar-refractivity contribution is 7.89. The van der Waals surface area contributed by atoms with E-state index in [-0.39, 0.29) is 6.29 Å². The number of nitrogens with zero attached hydrogens (tertiary/aromatic N) is 1. The monoisotopic (exact) mass is 353 g/mol. The molecule has 6 heteroatoms. The van der Waals surface area contributed by atoms with E-state index in [1.54, 1.807) is 4.31 Å². The Labute approximate surface area is 145 Å². The van der Waals surface area contributed by atoms with E-state index in [4.69, 9.17) is 9.47 Å². The van der Waals surface area contributed by atoms with Crippen molar-refractivity contribution >= 4 is 10.0 Å². The Bertz CT molecular complexity index is 689. The number of hydrogen-bond donors (Lipinski definition) is 0. The summed E-state index contributed by atoms with van der Waals surface area (Å²) in [6.45, 7) is 10.1. The van der Waals surface area contributed by atoms with E-state index < -0.39 is 10.0 Å². The van der Waals surface area contributed by atoms with Gasteiger partial charge in [0.1, 0.15) is 0 Å². The molecule has 0 amide bonds. The number of rotatable bonds is 3. The van der Waals surface area contributed by atoms with Gasteiger partial charge in [-0.1, -0.05) is 6.07 Å². The largest absolute Gasteiger partial charge is 0.350 e. The Kier molecular flexibility index (Phi) is 5.02. The van der Waals surface area contributed by atoms with Gasteiger partial charge in [-0.05, 0) is 62.8 Å². The SMILES string of the molecule is Cc1cc(C)c(C)c(S(=O)(=O)N2CCC(C3OCCO3)CC2)c1C. The minimum Gasteiger partial charge on any atom is -0.350 e. The molecule has 2 heterocycles. The lowest BCUT2D eigenvalue weighted by molar-refractivity contribution is -0.0938. The standard InChI is InChI=1S/C18H27NO4S/c1-12-11-13(2)15(4)17(14(12)3)24(20,21)19-7-5-16(6-8-19)18-22-9-10-23-18/h11,16,18H,5-10H2,1-4H3. The van der Waals surface area contributed by atoms with Crippen molar-refractivity contribution in [3.8, 4) is 0 Å². The van der Waals surface area contributed by atoms with Crippen LogP contribution in [0.4, 0.5) is 0 Å². The average Bonchev–Trinajstić information content (AvgIpc) is 3.07. The zero-order valence-electron chi connectivity index (χ0n) is 15.0. The van der Waals surface area contributed by atoms with Crippen LogP contribution in [0, 0.1) is 33.6 Å². The van der Waals surface area contributed by atoms with Gasteiger partial charge in [-0.15, -0.1) is 0 Å². The molecule has 0 aromatic heterocycles. The van der Waals surface area contributed by atoms with Crippen molar-refractivity contribution in [3.63, 3.8) is 0 Å². The van der Waals surface area contributed by atoms with Gasteiger partial charge < -0.3 is 9.47 Å². The number of piperidine rings is 1. The van der Waals surface area contributed by atoms with Crippen LogP contribution in [-0.2, 0) is 19.5 Å². The van der Waals surface area contributed by atoms with Gasteiger partial charge in [0.15, 0.2) is 6.29 Å². The van der Waals surface area contributed by atoms with Gasteiger partial charge in [0.25, 0.3) is 0 Å². The first kappa shape index (κ1) is 17.9. The first-order chi connectivity index (χ1) is 11.3. The molecule has 0 saturated carbocycles. The summed E-state index contributed by atoms with van der Waals surface area (Å²) in [7, 11) is -3.46. The Balaban J connectivity index is 1.82. The molecule has 0 bridgehead atoms. The lowest BCUT2D eigenvalue weighted by Gasteiger charge is -2.34. The summed E-state index contributed by atoms with van der Waals surface area (Å²) < 4.78 is 39.2. The first-order valence-electron chi connectivity index (χ1n) is 8.63. The topological polar surface area (TPSA) is 55.8 Å². The smallest absolute Gasteiger partial charge is 0.243 e. The van der Waals surface area contributed by atoms with Crippen LogP contribution in [0.2, 0.25) is 0 Å². The zero-order chi connectivity index (χ0) is 17.5. The van der Waals surface area contributed by atoms with E-state index in [1.807, 2.05) is 27.7 Å². The summed E-state index contributed by atoms with van der Waals surface area (Å²) in [4.78, 5) is 0.492. The summed E-state index contributed by atoms with van der Waals surface area (Å²) in [6.07, 6.45) is 1.42. The second-order valence-electron chi connectivity index (χ2n) is 6.94. The van der Waals surface area contributed by atoms with Crippen molar-refractivity contribution in [2.24, 2.45) is 5.92 Å². The molecule has 5 nitrogen and oxygen atoms in total. The molecule has 3 rings (SSSR count). The Morgan fingerprint density at radius 3 is 1.96 bits per heavy atom.